The fraction of sp³-hybridized carbons (Fsp3) is 0.273. The molecule has 0 heterocycles. The summed E-state index contributed by atoms with van der Waals surface area (Å²) >= 11 is 0. The van der Waals surface area contributed by atoms with Gasteiger partial charge in [-0.3, -0.25) is 0 Å². The summed E-state index contributed by atoms with van der Waals surface area (Å²) in [4.78, 5) is 0. The maximum Gasteiger partial charge on any atom is 0.416 e. The predicted molar refractivity (Wildman–Crippen MR) is 50.2 cm³/mol. The van der Waals surface area contributed by atoms with Crippen molar-refractivity contribution < 1.29 is 13.2 Å². The Bertz CT molecular complexity index is 490. The van der Waals surface area contributed by atoms with E-state index in [9.17, 15) is 13.2 Å². The standard InChI is InChI=1S/C11H7F3N2/c1-7-2-3-10(11(12,13)14)8(4-5-15)9(7)6-16/h2-3H,4H2,1H3. The van der Waals surface area contributed by atoms with E-state index in [0.717, 1.165) is 6.07 Å². The van der Waals surface area contributed by atoms with Crippen molar-refractivity contribution in [3.63, 3.8) is 0 Å². The highest BCUT2D eigenvalue weighted by Crippen LogP contribution is 2.34. The molecule has 0 bridgehead atoms. The van der Waals surface area contributed by atoms with Crippen LogP contribution in [0.5, 0.6) is 0 Å². The van der Waals surface area contributed by atoms with Crippen LogP contribution in [0, 0.1) is 29.6 Å². The molecule has 0 aliphatic carbocycles. The molecule has 16 heavy (non-hydrogen) atoms. The fourth-order valence-corrected chi connectivity index (χ4v) is 1.45. The Hall–Kier alpha value is -2.01. The Labute approximate surface area is 90.5 Å². The van der Waals surface area contributed by atoms with Crippen LogP contribution in [-0.4, -0.2) is 0 Å². The van der Waals surface area contributed by atoms with Crippen molar-refractivity contribution in [1.82, 2.24) is 0 Å². The molecule has 0 spiro atoms. The topological polar surface area (TPSA) is 47.6 Å². The van der Waals surface area contributed by atoms with Crippen LogP contribution in [-0.2, 0) is 12.6 Å². The van der Waals surface area contributed by atoms with E-state index in [4.69, 9.17) is 10.5 Å². The first-order chi connectivity index (χ1) is 7.41. The highest BCUT2D eigenvalue weighted by Gasteiger charge is 2.34. The van der Waals surface area contributed by atoms with Gasteiger partial charge in [-0.1, -0.05) is 6.07 Å². The zero-order valence-electron chi connectivity index (χ0n) is 8.39. The van der Waals surface area contributed by atoms with Crippen molar-refractivity contribution in [3.05, 3.63) is 34.4 Å². The molecule has 0 aliphatic heterocycles. The summed E-state index contributed by atoms with van der Waals surface area (Å²) in [6.07, 6.45) is -4.95. The third kappa shape index (κ3) is 2.14. The molecule has 0 saturated heterocycles. The van der Waals surface area contributed by atoms with Crippen molar-refractivity contribution in [2.24, 2.45) is 0 Å². The number of hydrogen-bond acceptors (Lipinski definition) is 2. The zero-order valence-corrected chi connectivity index (χ0v) is 8.39. The van der Waals surface area contributed by atoms with Gasteiger partial charge in [0.05, 0.1) is 29.7 Å². The number of nitrogens with zero attached hydrogens (tertiary/aromatic N) is 2. The van der Waals surface area contributed by atoms with Gasteiger partial charge in [0.15, 0.2) is 0 Å². The number of halogens is 3. The Morgan fingerprint density at radius 3 is 2.31 bits per heavy atom. The van der Waals surface area contributed by atoms with E-state index in [1.807, 2.05) is 0 Å². The molecule has 0 radical (unpaired) electrons. The van der Waals surface area contributed by atoms with Gasteiger partial charge in [0.25, 0.3) is 0 Å². The van der Waals surface area contributed by atoms with Crippen molar-refractivity contribution in [2.75, 3.05) is 0 Å². The molecule has 0 saturated carbocycles. The van der Waals surface area contributed by atoms with Crippen LogP contribution < -0.4 is 0 Å². The van der Waals surface area contributed by atoms with Gasteiger partial charge in [-0.2, -0.15) is 23.7 Å². The molecule has 0 unspecified atom stereocenters. The van der Waals surface area contributed by atoms with Crippen LogP contribution in [0.2, 0.25) is 0 Å². The molecule has 0 aromatic heterocycles. The van der Waals surface area contributed by atoms with E-state index >= 15 is 0 Å². The first-order valence-electron chi connectivity index (χ1n) is 4.38. The van der Waals surface area contributed by atoms with Gasteiger partial charge in [-0.15, -0.1) is 0 Å². The molecule has 1 aromatic rings. The second-order valence-electron chi connectivity index (χ2n) is 3.23. The van der Waals surface area contributed by atoms with E-state index in [2.05, 4.69) is 0 Å². The second kappa shape index (κ2) is 4.24. The van der Waals surface area contributed by atoms with Gasteiger partial charge in [0.1, 0.15) is 0 Å². The summed E-state index contributed by atoms with van der Waals surface area (Å²) in [5, 5.41) is 17.3. The van der Waals surface area contributed by atoms with Gasteiger partial charge in [0.2, 0.25) is 0 Å². The molecular weight excluding hydrogens is 217 g/mol. The summed E-state index contributed by atoms with van der Waals surface area (Å²) in [6.45, 7) is 1.54. The number of nitriles is 2. The second-order valence-corrected chi connectivity index (χ2v) is 3.23. The molecule has 82 valence electrons. The molecule has 0 aliphatic rings. The Morgan fingerprint density at radius 2 is 1.88 bits per heavy atom. The van der Waals surface area contributed by atoms with Crippen LogP contribution >= 0.6 is 0 Å². The minimum absolute atomic E-state index is 0.0589. The molecule has 5 heteroatoms. The van der Waals surface area contributed by atoms with E-state index < -0.39 is 18.2 Å². The number of rotatable bonds is 1. The van der Waals surface area contributed by atoms with Crippen LogP contribution in [0.3, 0.4) is 0 Å². The van der Waals surface area contributed by atoms with Crippen molar-refractivity contribution in [1.29, 1.82) is 10.5 Å². The molecule has 0 amide bonds. The maximum absolute atomic E-state index is 12.6. The normalized spacial score (nSPS) is 10.6. The van der Waals surface area contributed by atoms with E-state index in [1.165, 1.54) is 6.07 Å². The lowest BCUT2D eigenvalue weighted by atomic mass is 9.95. The lowest BCUT2D eigenvalue weighted by Gasteiger charge is -2.13. The van der Waals surface area contributed by atoms with E-state index in [1.54, 1.807) is 19.1 Å². The molecule has 0 N–H and O–H groups in total. The van der Waals surface area contributed by atoms with Crippen molar-refractivity contribution >= 4 is 0 Å². The maximum atomic E-state index is 12.6. The SMILES string of the molecule is Cc1ccc(C(F)(F)F)c(CC#N)c1C#N. The van der Waals surface area contributed by atoms with Crippen LogP contribution in [0.15, 0.2) is 12.1 Å². The molecular formula is C11H7F3N2. The predicted octanol–water partition coefficient (Wildman–Crippen LogP) is 2.95. The van der Waals surface area contributed by atoms with Crippen molar-refractivity contribution in [2.45, 2.75) is 19.5 Å². The summed E-state index contributed by atoms with van der Waals surface area (Å²) in [6, 6.07) is 5.50. The number of alkyl halides is 3. The average molecular weight is 224 g/mol. The first-order valence-corrected chi connectivity index (χ1v) is 4.38. The van der Waals surface area contributed by atoms with Gasteiger partial charge in [-0.05, 0) is 24.1 Å². The summed E-state index contributed by atoms with van der Waals surface area (Å²) in [7, 11) is 0. The van der Waals surface area contributed by atoms with Gasteiger partial charge in [0, 0.05) is 0 Å². The highest BCUT2D eigenvalue weighted by atomic mass is 19.4. The molecule has 1 rings (SSSR count). The summed E-state index contributed by atoms with van der Waals surface area (Å²) in [5.41, 5.74) is -0.758. The molecule has 2 nitrogen and oxygen atoms in total. The monoisotopic (exact) mass is 224 g/mol. The van der Waals surface area contributed by atoms with Crippen molar-refractivity contribution in [3.8, 4) is 12.1 Å². The molecule has 0 atom stereocenters. The van der Waals surface area contributed by atoms with Gasteiger partial charge < -0.3 is 0 Å². The Balaban J connectivity index is 3.54. The highest BCUT2D eigenvalue weighted by molar-refractivity contribution is 5.50. The van der Waals surface area contributed by atoms with Crippen LogP contribution in [0.4, 0.5) is 13.2 Å². The average Bonchev–Trinajstić information content (AvgIpc) is 2.16. The number of hydrogen-bond donors (Lipinski definition) is 0. The van der Waals surface area contributed by atoms with Gasteiger partial charge in [-0.25, -0.2) is 0 Å². The number of benzene rings is 1. The third-order valence-corrected chi connectivity index (χ3v) is 2.19. The lowest BCUT2D eigenvalue weighted by molar-refractivity contribution is -0.138. The minimum Gasteiger partial charge on any atom is -0.198 e. The Kier molecular flexibility index (Phi) is 3.20. The van der Waals surface area contributed by atoms with E-state index in [-0.39, 0.29) is 11.1 Å². The van der Waals surface area contributed by atoms with Crippen LogP contribution in [0.1, 0.15) is 22.3 Å². The van der Waals surface area contributed by atoms with Crippen LogP contribution in [0.25, 0.3) is 0 Å². The first kappa shape index (κ1) is 12.1. The smallest absolute Gasteiger partial charge is 0.198 e. The lowest BCUT2D eigenvalue weighted by Crippen LogP contribution is -2.11. The fourth-order valence-electron chi connectivity index (χ4n) is 1.45. The zero-order chi connectivity index (χ0) is 12.3. The molecule has 0 fully saturated rings. The molecule has 1 aromatic carbocycles. The Morgan fingerprint density at radius 1 is 1.25 bits per heavy atom. The number of aryl methyl sites for hydroxylation is 1. The summed E-state index contributed by atoms with van der Waals surface area (Å²) < 4.78 is 37.8. The summed E-state index contributed by atoms with van der Waals surface area (Å²) in [5.74, 6) is 0. The third-order valence-electron chi connectivity index (χ3n) is 2.19. The minimum atomic E-state index is -4.54. The van der Waals surface area contributed by atoms with E-state index in [0.29, 0.717) is 5.56 Å². The largest absolute Gasteiger partial charge is 0.416 e. The van der Waals surface area contributed by atoms with Gasteiger partial charge >= 0.3 is 6.18 Å². The quantitative estimate of drug-likeness (QED) is 0.736.